The summed E-state index contributed by atoms with van der Waals surface area (Å²) < 4.78 is 3.77. The van der Waals surface area contributed by atoms with E-state index < -0.39 is 18.0 Å². The third kappa shape index (κ3) is 4.58. The fourth-order valence-electron chi connectivity index (χ4n) is 0.435. The number of carboxylic acid groups (broad SMARTS) is 1. The highest BCUT2D eigenvalue weighted by molar-refractivity contribution is 6.13. The summed E-state index contributed by atoms with van der Waals surface area (Å²) in [4.78, 5) is 20.4. The zero-order chi connectivity index (χ0) is 8.85. The van der Waals surface area contributed by atoms with Crippen LogP contribution in [0.25, 0.3) is 0 Å². The van der Waals surface area contributed by atoms with Gasteiger partial charge >= 0.3 is 11.9 Å². The highest BCUT2D eigenvalue weighted by atomic mass is 35.5. The van der Waals surface area contributed by atoms with E-state index in [0.717, 1.165) is 0 Å². The van der Waals surface area contributed by atoms with Crippen LogP contribution in [0.4, 0.5) is 0 Å². The van der Waals surface area contributed by atoms with Gasteiger partial charge in [0, 0.05) is 6.42 Å². The van der Waals surface area contributed by atoms with E-state index in [2.05, 4.69) is 16.2 Å². The monoisotopic (exact) mass is 181 g/mol. The van der Waals surface area contributed by atoms with Crippen molar-refractivity contribution in [2.24, 2.45) is 5.73 Å². The average molecular weight is 182 g/mol. The molecule has 0 heterocycles. The lowest BCUT2D eigenvalue weighted by Crippen LogP contribution is -2.30. The van der Waals surface area contributed by atoms with Gasteiger partial charge in [0.15, 0.2) is 0 Å². The quantitative estimate of drug-likeness (QED) is 0.631. The first-order chi connectivity index (χ1) is 5.07. The Morgan fingerprint density at radius 3 is 2.55 bits per heavy atom. The molecule has 0 rings (SSSR count). The van der Waals surface area contributed by atoms with Gasteiger partial charge in [0.05, 0.1) is 0 Å². The van der Waals surface area contributed by atoms with Crippen LogP contribution in [0.3, 0.4) is 0 Å². The van der Waals surface area contributed by atoms with Crippen LogP contribution in [0.5, 0.6) is 0 Å². The number of carbonyl (C=O) groups excluding carboxylic acids is 1. The topological polar surface area (TPSA) is 89.6 Å². The minimum atomic E-state index is -1.15. The highest BCUT2D eigenvalue weighted by Crippen LogP contribution is 1.98. The average Bonchev–Trinajstić information content (AvgIpc) is 1.99. The Bertz CT molecular complexity index is 161. The second-order valence-electron chi connectivity index (χ2n) is 1.93. The molecule has 0 saturated carbocycles. The molecular formula is C5H8ClNO4. The number of hydrogen-bond donors (Lipinski definition) is 2. The first kappa shape index (κ1) is 10.2. The molecule has 64 valence electrons. The molecule has 0 radical (unpaired) electrons. The molecule has 0 aromatic rings. The van der Waals surface area contributed by atoms with Gasteiger partial charge in [0.25, 0.3) is 0 Å². The van der Waals surface area contributed by atoms with E-state index in [1.54, 1.807) is 0 Å². The summed E-state index contributed by atoms with van der Waals surface area (Å²) in [6.45, 7) is 0. The fourth-order valence-corrected chi connectivity index (χ4v) is 0.513. The largest absolute Gasteiger partial charge is 0.480 e. The van der Waals surface area contributed by atoms with Crippen molar-refractivity contribution >= 4 is 23.8 Å². The lowest BCUT2D eigenvalue weighted by atomic mass is 10.2. The third-order valence-corrected chi connectivity index (χ3v) is 1.23. The smallest absolute Gasteiger partial charge is 0.324 e. The molecule has 3 N–H and O–H groups in total. The van der Waals surface area contributed by atoms with Crippen molar-refractivity contribution in [2.45, 2.75) is 18.9 Å². The molecule has 0 spiro atoms. The number of rotatable bonds is 4. The van der Waals surface area contributed by atoms with Crippen molar-refractivity contribution in [3.05, 3.63) is 0 Å². The Morgan fingerprint density at radius 1 is 1.64 bits per heavy atom. The number of carboxylic acids is 1. The van der Waals surface area contributed by atoms with Crippen LogP contribution in [-0.4, -0.2) is 23.1 Å². The number of aliphatic carboxylic acids is 1. The van der Waals surface area contributed by atoms with Gasteiger partial charge in [-0.3, -0.25) is 9.59 Å². The number of hydrogen-bond acceptors (Lipinski definition) is 4. The van der Waals surface area contributed by atoms with Crippen molar-refractivity contribution in [3.8, 4) is 0 Å². The molecule has 1 atom stereocenters. The minimum Gasteiger partial charge on any atom is -0.480 e. The molecular weight excluding hydrogens is 174 g/mol. The number of carbonyl (C=O) groups is 2. The second kappa shape index (κ2) is 4.92. The Kier molecular flexibility index (Phi) is 4.56. The first-order valence-electron chi connectivity index (χ1n) is 2.87. The zero-order valence-electron chi connectivity index (χ0n) is 5.62. The van der Waals surface area contributed by atoms with Crippen molar-refractivity contribution in [1.29, 1.82) is 0 Å². The van der Waals surface area contributed by atoms with E-state index in [-0.39, 0.29) is 12.8 Å². The van der Waals surface area contributed by atoms with Gasteiger partial charge in [-0.2, -0.15) is 0 Å². The lowest BCUT2D eigenvalue weighted by Gasteiger charge is -2.02. The third-order valence-electron chi connectivity index (χ3n) is 1.06. The minimum absolute atomic E-state index is 0.0287. The van der Waals surface area contributed by atoms with E-state index in [4.69, 9.17) is 10.8 Å². The van der Waals surface area contributed by atoms with Gasteiger partial charge in [-0.1, -0.05) is 0 Å². The summed E-state index contributed by atoms with van der Waals surface area (Å²) in [5.74, 6) is -1.82. The normalized spacial score (nSPS) is 12.2. The summed E-state index contributed by atoms with van der Waals surface area (Å²) in [6.07, 6.45) is -0.0577. The number of nitrogens with two attached hydrogens (primary N) is 1. The predicted molar refractivity (Wildman–Crippen MR) is 36.8 cm³/mol. The molecule has 0 bridgehead atoms. The van der Waals surface area contributed by atoms with E-state index in [9.17, 15) is 9.59 Å². The maximum atomic E-state index is 10.3. The fraction of sp³-hybridized carbons (Fsp3) is 0.600. The standard InChI is InChI=1S/C5H8ClNO4/c6-11-4(8)2-1-3(7)5(9)10/h3H,1-2,7H2,(H,9,10)/t3-/m0/s1. The summed E-state index contributed by atoms with van der Waals surface area (Å²) in [5, 5.41) is 8.26. The molecule has 0 aromatic carbocycles. The molecule has 0 fully saturated rings. The van der Waals surface area contributed by atoms with Crippen LogP contribution < -0.4 is 5.73 Å². The molecule has 6 heteroatoms. The van der Waals surface area contributed by atoms with Gasteiger partial charge in [-0.25, -0.2) is 0 Å². The molecule has 0 amide bonds. The van der Waals surface area contributed by atoms with Crippen molar-refractivity contribution < 1.29 is 19.0 Å². The molecule has 0 unspecified atom stereocenters. The predicted octanol–water partition coefficient (Wildman–Crippen LogP) is -0.125. The summed E-state index contributed by atoms with van der Waals surface area (Å²) in [5.41, 5.74) is 5.07. The Balaban J connectivity index is 3.54. The highest BCUT2D eigenvalue weighted by Gasteiger charge is 2.13. The van der Waals surface area contributed by atoms with E-state index in [0.29, 0.717) is 0 Å². The van der Waals surface area contributed by atoms with E-state index in [1.165, 1.54) is 0 Å². The van der Waals surface area contributed by atoms with Crippen LogP contribution in [0, 0.1) is 0 Å². The maximum absolute atomic E-state index is 10.3. The SMILES string of the molecule is N[C@@H](CCC(=O)OCl)C(=O)O. The van der Waals surface area contributed by atoms with Gasteiger partial charge in [-0.15, -0.1) is 0 Å². The van der Waals surface area contributed by atoms with E-state index in [1.807, 2.05) is 0 Å². The van der Waals surface area contributed by atoms with Gasteiger partial charge in [0.2, 0.25) is 0 Å². The Hall–Kier alpha value is -0.810. The Morgan fingerprint density at radius 2 is 2.18 bits per heavy atom. The Labute approximate surface area is 68.2 Å². The van der Waals surface area contributed by atoms with Crippen molar-refractivity contribution in [2.75, 3.05) is 0 Å². The van der Waals surface area contributed by atoms with Crippen LogP contribution >= 0.6 is 11.9 Å². The summed E-state index contributed by atoms with van der Waals surface area (Å²) in [6, 6.07) is -1.04. The molecule has 0 aliphatic rings. The van der Waals surface area contributed by atoms with Crippen molar-refractivity contribution in [3.63, 3.8) is 0 Å². The second-order valence-corrected chi connectivity index (χ2v) is 2.09. The molecule has 5 nitrogen and oxygen atoms in total. The molecule has 0 aliphatic carbocycles. The van der Waals surface area contributed by atoms with Crippen LogP contribution in [0.1, 0.15) is 12.8 Å². The first-order valence-corrected chi connectivity index (χ1v) is 3.18. The number of halogens is 1. The van der Waals surface area contributed by atoms with Gasteiger partial charge < -0.3 is 15.1 Å². The zero-order valence-corrected chi connectivity index (χ0v) is 6.37. The summed E-state index contributed by atoms with van der Waals surface area (Å²) in [7, 11) is 0. The molecule has 0 aromatic heterocycles. The van der Waals surface area contributed by atoms with Crippen molar-refractivity contribution in [1.82, 2.24) is 0 Å². The maximum Gasteiger partial charge on any atom is 0.324 e. The van der Waals surface area contributed by atoms with Crippen LogP contribution in [0.15, 0.2) is 0 Å². The molecule has 0 saturated heterocycles. The van der Waals surface area contributed by atoms with Gasteiger partial charge in [0.1, 0.15) is 17.9 Å². The summed E-state index contributed by atoms with van der Waals surface area (Å²) >= 11 is 4.68. The van der Waals surface area contributed by atoms with Crippen LogP contribution in [-0.2, 0) is 13.9 Å². The molecule has 11 heavy (non-hydrogen) atoms. The van der Waals surface area contributed by atoms with E-state index >= 15 is 0 Å². The van der Waals surface area contributed by atoms with Crippen LogP contribution in [0.2, 0.25) is 0 Å². The van der Waals surface area contributed by atoms with Gasteiger partial charge in [-0.05, 0) is 6.42 Å². The molecule has 0 aliphatic heterocycles. The lowest BCUT2D eigenvalue weighted by molar-refractivity contribution is -0.139.